The molecule has 0 aliphatic heterocycles. The fourth-order valence-corrected chi connectivity index (χ4v) is 2.69. The number of nitrogens with zero attached hydrogens (tertiary/aromatic N) is 2. The van der Waals surface area contributed by atoms with Gasteiger partial charge in [-0.15, -0.1) is 0 Å². The predicted molar refractivity (Wildman–Crippen MR) is 66.3 cm³/mol. The van der Waals surface area contributed by atoms with Gasteiger partial charge in [-0.3, -0.25) is 4.68 Å². The van der Waals surface area contributed by atoms with Gasteiger partial charge in [-0.1, -0.05) is 12.8 Å². The molecule has 0 unspecified atom stereocenters. The van der Waals surface area contributed by atoms with E-state index >= 15 is 0 Å². The lowest BCUT2D eigenvalue weighted by Gasteiger charge is -2.10. The van der Waals surface area contributed by atoms with Crippen molar-refractivity contribution in [3.63, 3.8) is 0 Å². The van der Waals surface area contributed by atoms with Crippen LogP contribution in [-0.2, 0) is 13.6 Å². The molecule has 3 heteroatoms. The number of nitrogens with one attached hydrogen (secondary N) is 1. The molecule has 1 saturated carbocycles. The highest BCUT2D eigenvalue weighted by Gasteiger charge is 2.15. The molecule has 2 rings (SSSR count). The molecule has 0 radical (unpaired) electrons. The fraction of sp³-hybridized carbons (Fsp3) is 0.769. The van der Waals surface area contributed by atoms with E-state index in [1.165, 1.54) is 49.2 Å². The summed E-state index contributed by atoms with van der Waals surface area (Å²) in [5, 5.41) is 8.02. The van der Waals surface area contributed by atoms with Gasteiger partial charge < -0.3 is 5.32 Å². The summed E-state index contributed by atoms with van der Waals surface area (Å²) in [5.74, 6) is 0.914. The summed E-state index contributed by atoms with van der Waals surface area (Å²) in [6, 6.07) is 0. The van der Waals surface area contributed by atoms with Gasteiger partial charge in [0.1, 0.15) is 0 Å². The molecular weight excluding hydrogens is 198 g/mol. The summed E-state index contributed by atoms with van der Waals surface area (Å²) in [7, 11) is 2.02. The molecule has 0 atom stereocenters. The van der Waals surface area contributed by atoms with Crippen LogP contribution in [0.25, 0.3) is 0 Å². The molecule has 1 aliphatic carbocycles. The fourth-order valence-electron chi connectivity index (χ4n) is 2.69. The zero-order valence-corrected chi connectivity index (χ0v) is 10.7. The first-order chi connectivity index (χ1) is 7.68. The maximum absolute atomic E-state index is 4.44. The summed E-state index contributed by atoms with van der Waals surface area (Å²) >= 11 is 0. The molecule has 0 spiro atoms. The molecule has 90 valence electrons. The molecule has 1 fully saturated rings. The van der Waals surface area contributed by atoms with Gasteiger partial charge in [0.15, 0.2) is 0 Å². The van der Waals surface area contributed by atoms with Crippen molar-refractivity contribution in [2.45, 2.75) is 46.1 Å². The maximum atomic E-state index is 4.44. The van der Waals surface area contributed by atoms with Crippen LogP contribution in [0.2, 0.25) is 0 Å². The zero-order valence-electron chi connectivity index (χ0n) is 10.7. The summed E-state index contributed by atoms with van der Waals surface area (Å²) in [6.07, 6.45) is 5.69. The average molecular weight is 221 g/mol. The summed E-state index contributed by atoms with van der Waals surface area (Å²) in [5.41, 5.74) is 3.83. The molecule has 0 aromatic carbocycles. The predicted octanol–water partition coefficient (Wildman–Crippen LogP) is 2.32. The first-order valence-electron chi connectivity index (χ1n) is 6.38. The van der Waals surface area contributed by atoms with Crippen molar-refractivity contribution >= 4 is 0 Å². The number of hydrogen-bond donors (Lipinski definition) is 1. The largest absolute Gasteiger partial charge is 0.312 e. The maximum Gasteiger partial charge on any atom is 0.0641 e. The third-order valence-corrected chi connectivity index (χ3v) is 3.87. The third-order valence-electron chi connectivity index (χ3n) is 3.87. The van der Waals surface area contributed by atoms with E-state index in [1.54, 1.807) is 0 Å². The Hall–Kier alpha value is -0.830. The SMILES string of the molecule is Cc1nn(C)c(C)c1CNCC1CCCC1. The van der Waals surface area contributed by atoms with Crippen molar-refractivity contribution in [3.05, 3.63) is 17.0 Å². The molecule has 1 N–H and O–H groups in total. The van der Waals surface area contributed by atoms with Crippen LogP contribution in [0.4, 0.5) is 0 Å². The minimum absolute atomic E-state index is 0.914. The van der Waals surface area contributed by atoms with Crippen molar-refractivity contribution < 1.29 is 0 Å². The highest BCUT2D eigenvalue weighted by atomic mass is 15.3. The van der Waals surface area contributed by atoms with Gasteiger partial charge in [-0.25, -0.2) is 0 Å². The quantitative estimate of drug-likeness (QED) is 0.845. The lowest BCUT2D eigenvalue weighted by molar-refractivity contribution is 0.488. The Balaban J connectivity index is 1.84. The van der Waals surface area contributed by atoms with Crippen LogP contribution in [0, 0.1) is 19.8 Å². The molecule has 1 aromatic heterocycles. The first kappa shape index (κ1) is 11.6. The Kier molecular flexibility index (Phi) is 3.64. The second-order valence-corrected chi connectivity index (χ2v) is 5.05. The Labute approximate surface area is 98.2 Å². The van der Waals surface area contributed by atoms with Crippen LogP contribution in [0.5, 0.6) is 0 Å². The number of aromatic nitrogens is 2. The summed E-state index contributed by atoms with van der Waals surface area (Å²) in [4.78, 5) is 0. The van der Waals surface area contributed by atoms with E-state index in [2.05, 4.69) is 24.3 Å². The topological polar surface area (TPSA) is 29.9 Å². The lowest BCUT2D eigenvalue weighted by Crippen LogP contribution is -2.21. The van der Waals surface area contributed by atoms with Gasteiger partial charge in [0.2, 0.25) is 0 Å². The van der Waals surface area contributed by atoms with Crippen LogP contribution in [0.1, 0.15) is 42.6 Å². The van der Waals surface area contributed by atoms with Crippen LogP contribution >= 0.6 is 0 Å². The minimum Gasteiger partial charge on any atom is -0.312 e. The first-order valence-corrected chi connectivity index (χ1v) is 6.38. The molecule has 1 heterocycles. The molecular formula is C13H23N3. The second-order valence-electron chi connectivity index (χ2n) is 5.05. The highest BCUT2D eigenvalue weighted by Crippen LogP contribution is 2.23. The average Bonchev–Trinajstić information content (AvgIpc) is 2.82. The van der Waals surface area contributed by atoms with Crippen LogP contribution in [0.15, 0.2) is 0 Å². The summed E-state index contributed by atoms with van der Waals surface area (Å²) in [6.45, 7) is 6.39. The lowest BCUT2D eigenvalue weighted by atomic mass is 10.1. The smallest absolute Gasteiger partial charge is 0.0641 e. The molecule has 0 bridgehead atoms. The molecule has 3 nitrogen and oxygen atoms in total. The number of hydrogen-bond acceptors (Lipinski definition) is 2. The Morgan fingerprint density at radius 1 is 1.31 bits per heavy atom. The van der Waals surface area contributed by atoms with Gasteiger partial charge >= 0.3 is 0 Å². The minimum atomic E-state index is 0.914. The van der Waals surface area contributed by atoms with Crippen molar-refractivity contribution in [2.24, 2.45) is 13.0 Å². The van der Waals surface area contributed by atoms with E-state index < -0.39 is 0 Å². The molecule has 16 heavy (non-hydrogen) atoms. The highest BCUT2D eigenvalue weighted by molar-refractivity contribution is 5.23. The monoisotopic (exact) mass is 221 g/mol. The van der Waals surface area contributed by atoms with Crippen molar-refractivity contribution in [1.82, 2.24) is 15.1 Å². The van der Waals surface area contributed by atoms with E-state index in [4.69, 9.17) is 0 Å². The van der Waals surface area contributed by atoms with Gasteiger partial charge in [0.25, 0.3) is 0 Å². The van der Waals surface area contributed by atoms with Crippen LogP contribution in [0.3, 0.4) is 0 Å². The normalized spacial score (nSPS) is 17.2. The number of rotatable bonds is 4. The standard InChI is InChI=1S/C13H23N3/c1-10-13(11(2)16(3)15-10)9-14-8-12-6-4-5-7-12/h12,14H,4-9H2,1-3H3. The molecule has 0 saturated heterocycles. The van der Waals surface area contributed by atoms with E-state index in [0.29, 0.717) is 0 Å². The second kappa shape index (κ2) is 5.00. The molecule has 1 aromatic rings. The van der Waals surface area contributed by atoms with Crippen molar-refractivity contribution in [1.29, 1.82) is 0 Å². The zero-order chi connectivity index (χ0) is 11.5. The van der Waals surface area contributed by atoms with Crippen LogP contribution in [-0.4, -0.2) is 16.3 Å². The van der Waals surface area contributed by atoms with E-state index in [0.717, 1.165) is 12.5 Å². The van der Waals surface area contributed by atoms with Crippen molar-refractivity contribution in [3.8, 4) is 0 Å². The van der Waals surface area contributed by atoms with E-state index in [9.17, 15) is 0 Å². The van der Waals surface area contributed by atoms with Crippen molar-refractivity contribution in [2.75, 3.05) is 6.54 Å². The van der Waals surface area contributed by atoms with E-state index in [1.807, 2.05) is 11.7 Å². The number of aryl methyl sites for hydroxylation is 2. The molecule has 1 aliphatic rings. The summed E-state index contributed by atoms with van der Waals surface area (Å²) < 4.78 is 1.97. The Bertz CT molecular complexity index is 348. The van der Waals surface area contributed by atoms with E-state index in [-0.39, 0.29) is 0 Å². The van der Waals surface area contributed by atoms with Gasteiger partial charge in [0.05, 0.1) is 5.69 Å². The third kappa shape index (κ3) is 2.46. The van der Waals surface area contributed by atoms with Gasteiger partial charge in [0, 0.05) is 24.8 Å². The molecule has 0 amide bonds. The Morgan fingerprint density at radius 2 is 2.00 bits per heavy atom. The van der Waals surface area contributed by atoms with Gasteiger partial charge in [-0.2, -0.15) is 5.10 Å². The van der Waals surface area contributed by atoms with Gasteiger partial charge in [-0.05, 0) is 39.2 Å². The Morgan fingerprint density at radius 3 is 2.56 bits per heavy atom. The van der Waals surface area contributed by atoms with Crippen LogP contribution < -0.4 is 5.32 Å².